The fourth-order valence-electron chi connectivity index (χ4n) is 3.78. The molecular formula is C19H19N5OS. The number of hydrogen-bond donors (Lipinski definition) is 1. The van der Waals surface area contributed by atoms with Crippen molar-refractivity contribution in [2.24, 2.45) is 0 Å². The van der Waals surface area contributed by atoms with E-state index in [-0.39, 0.29) is 5.56 Å². The number of nitrogens with zero attached hydrogens (tertiary/aromatic N) is 4. The van der Waals surface area contributed by atoms with Crippen molar-refractivity contribution in [1.29, 1.82) is 0 Å². The summed E-state index contributed by atoms with van der Waals surface area (Å²) in [5.74, 6) is 0. The van der Waals surface area contributed by atoms with Crippen LogP contribution in [0.2, 0.25) is 0 Å². The molecule has 0 spiro atoms. The van der Waals surface area contributed by atoms with Gasteiger partial charge in [0.1, 0.15) is 5.01 Å². The number of para-hydroxylation sites is 1. The SMILES string of the molecule is Cc1cc2nc(CN3CCC[C@@H]3c3nc4ccccc4s3)cc(=O)n2[nH]1. The number of nitrogens with one attached hydrogen (secondary N) is 1. The molecule has 1 aliphatic heterocycles. The van der Waals surface area contributed by atoms with Gasteiger partial charge in [-0.05, 0) is 38.4 Å². The Kier molecular flexibility index (Phi) is 3.65. The topological polar surface area (TPSA) is 66.3 Å². The van der Waals surface area contributed by atoms with Gasteiger partial charge in [-0.2, -0.15) is 0 Å². The van der Waals surface area contributed by atoms with Crippen LogP contribution in [-0.2, 0) is 6.54 Å². The normalized spacial score (nSPS) is 18.3. The molecule has 0 aliphatic carbocycles. The van der Waals surface area contributed by atoms with Crippen LogP contribution in [0.1, 0.15) is 35.3 Å². The number of aromatic nitrogens is 4. The van der Waals surface area contributed by atoms with Crippen molar-refractivity contribution < 1.29 is 0 Å². The first kappa shape index (κ1) is 15.7. The monoisotopic (exact) mass is 365 g/mol. The number of hydrogen-bond acceptors (Lipinski definition) is 5. The summed E-state index contributed by atoms with van der Waals surface area (Å²) in [5.41, 5.74) is 3.44. The second kappa shape index (κ2) is 6.03. The molecule has 0 saturated carbocycles. The smallest absolute Gasteiger partial charge is 0.272 e. The van der Waals surface area contributed by atoms with Crippen LogP contribution in [0.15, 0.2) is 41.2 Å². The minimum absolute atomic E-state index is 0.0613. The molecule has 7 heteroatoms. The summed E-state index contributed by atoms with van der Waals surface area (Å²) in [6.45, 7) is 3.61. The summed E-state index contributed by atoms with van der Waals surface area (Å²) in [6, 6.07) is 12.1. The predicted molar refractivity (Wildman–Crippen MR) is 103 cm³/mol. The lowest BCUT2D eigenvalue weighted by Crippen LogP contribution is -2.25. The van der Waals surface area contributed by atoms with Gasteiger partial charge in [0.2, 0.25) is 0 Å². The van der Waals surface area contributed by atoms with Crippen molar-refractivity contribution in [1.82, 2.24) is 24.5 Å². The second-order valence-electron chi connectivity index (χ2n) is 6.87. The first-order valence-corrected chi connectivity index (χ1v) is 9.67. The van der Waals surface area contributed by atoms with Crippen LogP contribution in [0.5, 0.6) is 0 Å². The summed E-state index contributed by atoms with van der Waals surface area (Å²) in [7, 11) is 0. The molecule has 132 valence electrons. The maximum absolute atomic E-state index is 12.3. The zero-order chi connectivity index (χ0) is 17.7. The largest absolute Gasteiger partial charge is 0.294 e. The van der Waals surface area contributed by atoms with E-state index in [0.29, 0.717) is 18.2 Å². The van der Waals surface area contributed by atoms with Crippen molar-refractivity contribution in [3.8, 4) is 0 Å². The van der Waals surface area contributed by atoms with Crippen LogP contribution in [0.3, 0.4) is 0 Å². The summed E-state index contributed by atoms with van der Waals surface area (Å²) in [4.78, 5) is 24.2. The zero-order valence-electron chi connectivity index (χ0n) is 14.5. The molecule has 1 N–H and O–H groups in total. The molecule has 6 nitrogen and oxygen atoms in total. The molecule has 0 bridgehead atoms. The van der Waals surface area contributed by atoms with E-state index >= 15 is 0 Å². The quantitative estimate of drug-likeness (QED) is 0.605. The van der Waals surface area contributed by atoms with Gasteiger partial charge < -0.3 is 0 Å². The number of likely N-dealkylation sites (tertiary alicyclic amines) is 1. The first-order chi connectivity index (χ1) is 12.7. The standard InChI is InChI=1S/C19H19N5OS/c1-12-9-17-20-13(10-18(25)24(17)22-12)11-23-8-4-6-15(23)19-21-14-5-2-3-7-16(14)26-19/h2-3,5,7,9-10,15,22H,4,6,8,11H2,1H3/t15-/m1/s1. The van der Waals surface area contributed by atoms with Crippen LogP contribution < -0.4 is 5.56 Å². The molecule has 1 atom stereocenters. The number of H-pyrrole nitrogens is 1. The van der Waals surface area contributed by atoms with Gasteiger partial charge in [-0.1, -0.05) is 12.1 Å². The summed E-state index contributed by atoms with van der Waals surface area (Å²) >= 11 is 1.77. The van der Waals surface area contributed by atoms with Crippen LogP contribution in [0.25, 0.3) is 15.9 Å². The van der Waals surface area contributed by atoms with Gasteiger partial charge in [-0.25, -0.2) is 14.5 Å². The zero-order valence-corrected chi connectivity index (χ0v) is 15.3. The number of aryl methyl sites for hydroxylation is 1. The Labute approximate surface area is 154 Å². The minimum atomic E-state index is -0.0613. The molecule has 3 aromatic heterocycles. The average Bonchev–Trinajstić information content (AvgIpc) is 3.31. The lowest BCUT2D eigenvalue weighted by molar-refractivity contribution is 0.245. The van der Waals surface area contributed by atoms with Crippen LogP contribution >= 0.6 is 11.3 Å². The van der Waals surface area contributed by atoms with Gasteiger partial charge in [-0.15, -0.1) is 11.3 Å². The van der Waals surface area contributed by atoms with E-state index in [1.54, 1.807) is 17.4 Å². The number of fused-ring (bicyclic) bond motifs is 2. The Hall–Kier alpha value is -2.51. The third-order valence-electron chi connectivity index (χ3n) is 4.96. The Morgan fingerprint density at radius 3 is 3.04 bits per heavy atom. The maximum Gasteiger partial charge on any atom is 0.272 e. The van der Waals surface area contributed by atoms with Gasteiger partial charge in [0.15, 0.2) is 5.65 Å². The summed E-state index contributed by atoms with van der Waals surface area (Å²) in [5, 5.41) is 4.18. The van der Waals surface area contributed by atoms with Crippen molar-refractivity contribution >= 4 is 27.2 Å². The van der Waals surface area contributed by atoms with Crippen molar-refractivity contribution in [3.05, 3.63) is 63.1 Å². The van der Waals surface area contributed by atoms with E-state index in [9.17, 15) is 4.79 Å². The number of benzene rings is 1. The highest BCUT2D eigenvalue weighted by molar-refractivity contribution is 7.18. The van der Waals surface area contributed by atoms with E-state index in [0.717, 1.165) is 36.3 Å². The fraction of sp³-hybridized carbons (Fsp3) is 0.316. The first-order valence-electron chi connectivity index (χ1n) is 8.85. The molecular weight excluding hydrogens is 346 g/mol. The van der Waals surface area contributed by atoms with E-state index in [2.05, 4.69) is 33.2 Å². The average molecular weight is 365 g/mol. The molecule has 1 aromatic carbocycles. The van der Waals surface area contributed by atoms with E-state index in [1.165, 1.54) is 14.2 Å². The molecule has 26 heavy (non-hydrogen) atoms. The number of rotatable bonds is 3. The van der Waals surface area contributed by atoms with Crippen LogP contribution in [0, 0.1) is 6.92 Å². The molecule has 0 unspecified atom stereocenters. The molecule has 0 radical (unpaired) electrons. The predicted octanol–water partition coefficient (Wildman–Crippen LogP) is 3.28. The third-order valence-corrected chi connectivity index (χ3v) is 6.09. The number of aromatic amines is 1. The molecule has 0 amide bonds. The van der Waals surface area contributed by atoms with Crippen LogP contribution in [0.4, 0.5) is 0 Å². The Morgan fingerprint density at radius 1 is 1.27 bits per heavy atom. The molecule has 1 aliphatic rings. The van der Waals surface area contributed by atoms with Gasteiger partial charge in [0, 0.05) is 24.4 Å². The van der Waals surface area contributed by atoms with Crippen LogP contribution in [-0.4, -0.2) is 31.0 Å². The Balaban J connectivity index is 1.46. The van der Waals surface area contributed by atoms with E-state index in [4.69, 9.17) is 4.98 Å². The summed E-state index contributed by atoms with van der Waals surface area (Å²) < 4.78 is 2.73. The second-order valence-corrected chi connectivity index (χ2v) is 7.93. The van der Waals surface area contributed by atoms with Gasteiger partial charge in [-0.3, -0.25) is 14.8 Å². The highest BCUT2D eigenvalue weighted by Gasteiger charge is 2.29. The molecule has 4 heterocycles. The maximum atomic E-state index is 12.3. The highest BCUT2D eigenvalue weighted by atomic mass is 32.1. The van der Waals surface area contributed by atoms with Crippen molar-refractivity contribution in [2.75, 3.05) is 6.54 Å². The lowest BCUT2D eigenvalue weighted by Gasteiger charge is -2.22. The Bertz CT molecular complexity index is 1120. The van der Waals surface area contributed by atoms with E-state index < -0.39 is 0 Å². The van der Waals surface area contributed by atoms with Crippen molar-refractivity contribution in [3.63, 3.8) is 0 Å². The summed E-state index contributed by atoms with van der Waals surface area (Å²) in [6.07, 6.45) is 2.25. The van der Waals surface area contributed by atoms with Gasteiger partial charge in [0.25, 0.3) is 5.56 Å². The van der Waals surface area contributed by atoms with Gasteiger partial charge in [0.05, 0.1) is 22.0 Å². The van der Waals surface area contributed by atoms with Crippen molar-refractivity contribution in [2.45, 2.75) is 32.4 Å². The highest BCUT2D eigenvalue weighted by Crippen LogP contribution is 2.37. The molecule has 1 fully saturated rings. The third kappa shape index (κ3) is 2.64. The number of thiazole rings is 1. The van der Waals surface area contributed by atoms with Gasteiger partial charge >= 0.3 is 0 Å². The lowest BCUT2D eigenvalue weighted by atomic mass is 10.2. The molecule has 5 rings (SSSR count). The fourth-order valence-corrected chi connectivity index (χ4v) is 4.91. The van der Waals surface area contributed by atoms with E-state index in [1.807, 2.05) is 19.1 Å². The minimum Gasteiger partial charge on any atom is -0.294 e. The molecule has 4 aromatic rings. The molecule has 1 saturated heterocycles. The Morgan fingerprint density at radius 2 is 2.15 bits per heavy atom.